The number of quaternary nitrogens is 1. The van der Waals surface area contributed by atoms with Crippen molar-refractivity contribution in [3.05, 3.63) is 40.3 Å². The summed E-state index contributed by atoms with van der Waals surface area (Å²) in [7, 11) is 4.40. The predicted molar refractivity (Wildman–Crippen MR) is 183 cm³/mol. The minimum atomic E-state index is -0.469. The van der Waals surface area contributed by atoms with E-state index in [1.54, 1.807) is 18.2 Å². The summed E-state index contributed by atoms with van der Waals surface area (Å²) >= 11 is 0. The van der Waals surface area contributed by atoms with Crippen LogP contribution in [0.25, 0.3) is 11.0 Å². The van der Waals surface area contributed by atoms with E-state index in [9.17, 15) is 9.59 Å². The number of ether oxygens (including phenoxy) is 7. The zero-order chi connectivity index (χ0) is 34.5. The van der Waals surface area contributed by atoms with Crippen molar-refractivity contribution < 1.29 is 42.4 Å². The van der Waals surface area contributed by atoms with Crippen molar-refractivity contribution in [1.82, 2.24) is 9.97 Å². The molecule has 0 fully saturated rings. The SMILES string of the molecule is CCN=C=NCCC[N+](C)(C)CCOCCOCCOCCOCCOCCOCCOCCCC(=O)c1nc2ccccc2[nH]c1=O. The topological polar surface area (TPSA) is 152 Å². The maximum Gasteiger partial charge on any atom is 0.278 e. The summed E-state index contributed by atoms with van der Waals surface area (Å²) < 4.78 is 39.6. The highest BCUT2D eigenvalue weighted by Gasteiger charge is 2.14. The smallest absolute Gasteiger partial charge is 0.278 e. The molecule has 1 aromatic carbocycles. The molecule has 0 spiro atoms. The molecule has 270 valence electrons. The Morgan fingerprint density at radius 1 is 0.729 bits per heavy atom. The van der Waals surface area contributed by atoms with Gasteiger partial charge in [0.15, 0.2) is 11.5 Å². The van der Waals surface area contributed by atoms with Gasteiger partial charge in [0, 0.05) is 26.0 Å². The molecular weight excluding hydrogens is 622 g/mol. The number of hydrogen-bond donors (Lipinski definition) is 1. The Morgan fingerprint density at radius 3 is 1.81 bits per heavy atom. The van der Waals surface area contributed by atoms with Crippen LogP contribution in [0.15, 0.2) is 39.0 Å². The van der Waals surface area contributed by atoms with E-state index in [1.807, 2.05) is 13.0 Å². The molecule has 0 unspecified atom stereocenters. The third-order valence-electron chi connectivity index (χ3n) is 6.96. The molecule has 0 saturated carbocycles. The Morgan fingerprint density at radius 2 is 1.25 bits per heavy atom. The first-order valence-electron chi connectivity index (χ1n) is 16.9. The first-order valence-corrected chi connectivity index (χ1v) is 16.9. The number of rotatable bonds is 31. The summed E-state index contributed by atoms with van der Waals surface area (Å²) in [5.74, 6) is -0.295. The average molecular weight is 679 g/mol. The van der Waals surface area contributed by atoms with Crippen LogP contribution in [-0.4, -0.2) is 159 Å². The molecule has 1 aromatic heterocycles. The van der Waals surface area contributed by atoms with Crippen LogP contribution >= 0.6 is 0 Å². The molecule has 48 heavy (non-hydrogen) atoms. The predicted octanol–water partition coefficient (Wildman–Crippen LogP) is 2.66. The van der Waals surface area contributed by atoms with Crippen molar-refractivity contribution >= 4 is 22.8 Å². The maximum atomic E-state index is 12.4. The molecule has 0 atom stereocenters. The van der Waals surface area contributed by atoms with E-state index < -0.39 is 5.56 Å². The number of hydrogen-bond acceptors (Lipinski definition) is 12. The van der Waals surface area contributed by atoms with Gasteiger partial charge in [-0.1, -0.05) is 12.1 Å². The number of benzene rings is 1. The number of fused-ring (bicyclic) bond motifs is 1. The van der Waals surface area contributed by atoms with E-state index in [2.05, 4.69) is 40.1 Å². The van der Waals surface area contributed by atoms with Crippen LogP contribution in [0.2, 0.25) is 0 Å². The summed E-state index contributed by atoms with van der Waals surface area (Å²) in [5.41, 5.74) is 0.664. The van der Waals surface area contributed by atoms with Crippen molar-refractivity contribution in [2.24, 2.45) is 9.98 Å². The van der Waals surface area contributed by atoms with Gasteiger partial charge in [-0.15, -0.1) is 0 Å². The Kier molecular flexibility index (Phi) is 23.2. The number of Topliss-reactive ketones (excluding diaryl/α,β-unsaturated/α-hetero) is 1. The van der Waals surface area contributed by atoms with E-state index in [-0.39, 0.29) is 17.9 Å². The Bertz CT molecular complexity index is 1250. The number of carbonyl (C=O) groups excluding carboxylic acids is 1. The van der Waals surface area contributed by atoms with Crippen LogP contribution in [0, 0.1) is 0 Å². The summed E-state index contributed by atoms with van der Waals surface area (Å²) in [4.78, 5) is 39.5. The van der Waals surface area contributed by atoms with Gasteiger partial charge in [-0.3, -0.25) is 9.59 Å². The summed E-state index contributed by atoms with van der Waals surface area (Å²) in [5, 5.41) is 0. The second kappa shape index (κ2) is 27.0. The van der Waals surface area contributed by atoms with Crippen LogP contribution < -0.4 is 5.56 Å². The Balaban J connectivity index is 1.26. The third kappa shape index (κ3) is 20.5. The number of ketones is 1. The van der Waals surface area contributed by atoms with Crippen LogP contribution in [0.5, 0.6) is 0 Å². The quantitative estimate of drug-likeness (QED) is 0.0546. The number of likely N-dealkylation sites (N-methyl/N-ethyl adjacent to an activating group) is 1. The van der Waals surface area contributed by atoms with Crippen molar-refractivity contribution in [2.75, 3.05) is 133 Å². The number of carbonyl (C=O) groups is 1. The molecule has 1 N–H and O–H groups in total. The molecule has 0 bridgehead atoms. The second-order valence-corrected chi connectivity index (χ2v) is 11.4. The van der Waals surface area contributed by atoms with Gasteiger partial charge in [0.25, 0.3) is 5.56 Å². The van der Waals surface area contributed by atoms with E-state index in [0.717, 1.165) is 37.1 Å². The lowest BCUT2D eigenvalue weighted by molar-refractivity contribution is -0.890. The molecular formula is C34H56N5O9+. The van der Waals surface area contributed by atoms with Crippen molar-refractivity contribution in [3.63, 3.8) is 0 Å². The van der Waals surface area contributed by atoms with Crippen LogP contribution in [-0.2, 0) is 33.2 Å². The normalized spacial score (nSPS) is 11.6. The van der Waals surface area contributed by atoms with Gasteiger partial charge in [-0.25, -0.2) is 15.0 Å². The highest BCUT2D eigenvalue weighted by atomic mass is 16.6. The molecule has 2 aromatic rings. The number of aliphatic imine (C=N–C) groups is 2. The lowest BCUT2D eigenvalue weighted by Gasteiger charge is -2.29. The van der Waals surface area contributed by atoms with Gasteiger partial charge in [0.1, 0.15) is 6.54 Å². The molecule has 1 heterocycles. The Hall–Kier alpha value is -2.91. The molecule has 0 aliphatic rings. The zero-order valence-corrected chi connectivity index (χ0v) is 29.1. The zero-order valence-electron chi connectivity index (χ0n) is 29.1. The third-order valence-corrected chi connectivity index (χ3v) is 6.96. The van der Waals surface area contributed by atoms with Crippen LogP contribution in [0.1, 0.15) is 36.7 Å². The van der Waals surface area contributed by atoms with Crippen molar-refractivity contribution in [1.29, 1.82) is 0 Å². The number of aromatic nitrogens is 2. The number of para-hydroxylation sites is 2. The minimum Gasteiger partial charge on any atom is -0.379 e. The number of nitrogens with one attached hydrogen (secondary N) is 1. The van der Waals surface area contributed by atoms with E-state index in [4.69, 9.17) is 33.2 Å². The first kappa shape index (κ1) is 41.3. The largest absolute Gasteiger partial charge is 0.379 e. The second-order valence-electron chi connectivity index (χ2n) is 11.4. The van der Waals surface area contributed by atoms with E-state index in [0.29, 0.717) is 110 Å². The van der Waals surface area contributed by atoms with Gasteiger partial charge >= 0.3 is 0 Å². The van der Waals surface area contributed by atoms with Crippen molar-refractivity contribution in [3.8, 4) is 0 Å². The van der Waals surface area contributed by atoms with Gasteiger partial charge in [0.2, 0.25) is 0 Å². The minimum absolute atomic E-state index is 0.0625. The van der Waals surface area contributed by atoms with Gasteiger partial charge in [-0.2, -0.15) is 0 Å². The summed E-state index contributed by atoms with van der Waals surface area (Å²) in [6, 6.07) is 9.82. The first-order chi connectivity index (χ1) is 23.4. The fourth-order valence-electron chi connectivity index (χ4n) is 4.27. The van der Waals surface area contributed by atoms with Gasteiger partial charge < -0.3 is 42.6 Å². The van der Waals surface area contributed by atoms with Gasteiger partial charge in [0.05, 0.1) is 130 Å². The molecule has 2 rings (SSSR count). The van der Waals surface area contributed by atoms with E-state index in [1.165, 1.54) is 0 Å². The fraction of sp³-hybridized carbons (Fsp3) is 0.706. The lowest BCUT2D eigenvalue weighted by Crippen LogP contribution is -2.43. The lowest BCUT2D eigenvalue weighted by atomic mass is 10.1. The highest BCUT2D eigenvalue weighted by Crippen LogP contribution is 2.08. The van der Waals surface area contributed by atoms with Crippen molar-refractivity contribution in [2.45, 2.75) is 26.2 Å². The molecule has 0 aliphatic carbocycles. The average Bonchev–Trinajstić information content (AvgIpc) is 3.07. The van der Waals surface area contributed by atoms with Gasteiger partial charge in [-0.05, 0) is 25.5 Å². The molecule has 0 amide bonds. The van der Waals surface area contributed by atoms with Crippen LogP contribution in [0.4, 0.5) is 0 Å². The molecule has 0 radical (unpaired) electrons. The standard InChI is InChI=1S/C34H55N5O9/c1-4-35-29-36-12-8-13-39(2,3)14-16-43-18-20-45-22-24-47-26-28-48-27-25-46-23-21-44-19-17-42-15-7-11-32(40)33-34(41)38-31-10-6-5-9-30(31)37-33/h5-6,9-10H,4,7-8,11-28H2,1-3H3/p+1. The van der Waals surface area contributed by atoms with Crippen LogP contribution in [0.3, 0.4) is 0 Å². The number of aromatic amines is 1. The summed E-state index contributed by atoms with van der Waals surface area (Å²) in [6.07, 6.45) is 1.69. The monoisotopic (exact) mass is 678 g/mol. The fourth-order valence-corrected chi connectivity index (χ4v) is 4.27. The molecule has 0 saturated heterocycles. The molecule has 0 aliphatic heterocycles. The molecule has 14 heteroatoms. The molecule has 14 nitrogen and oxygen atoms in total. The maximum absolute atomic E-state index is 12.4. The van der Waals surface area contributed by atoms with E-state index >= 15 is 0 Å². The highest BCUT2D eigenvalue weighted by molar-refractivity contribution is 5.95. The number of nitrogens with zero attached hydrogens (tertiary/aromatic N) is 4. The summed E-state index contributed by atoms with van der Waals surface area (Å²) in [6.45, 7) is 12.4. The number of H-pyrrole nitrogens is 1. The Labute approximate surface area is 284 Å².